The van der Waals surface area contributed by atoms with E-state index >= 15 is 0 Å². The number of nitrogens with zero attached hydrogens (tertiary/aromatic N) is 2. The van der Waals surface area contributed by atoms with Gasteiger partial charge in [0.2, 0.25) is 5.91 Å². The van der Waals surface area contributed by atoms with E-state index in [0.717, 1.165) is 0 Å². The number of non-ortho nitro benzene ring substituents is 1. The molecule has 0 bridgehead atoms. The molecule has 0 fully saturated rings. The summed E-state index contributed by atoms with van der Waals surface area (Å²) < 4.78 is 15.5. The fourth-order valence-electron chi connectivity index (χ4n) is 2.85. The molecule has 2 amide bonds. The topological polar surface area (TPSA) is 142 Å². The summed E-state index contributed by atoms with van der Waals surface area (Å²) in [6.07, 6.45) is -0.0666. The number of amides is 2. The van der Waals surface area contributed by atoms with Gasteiger partial charge >= 0.3 is 0 Å². The lowest BCUT2D eigenvalue weighted by Gasteiger charge is -2.09. The third kappa shape index (κ3) is 5.74. The zero-order valence-electron chi connectivity index (χ0n) is 17.9. The zero-order chi connectivity index (χ0) is 24.0. The van der Waals surface area contributed by atoms with Gasteiger partial charge in [-0.25, -0.2) is 4.98 Å². The predicted molar refractivity (Wildman–Crippen MR) is 122 cm³/mol. The van der Waals surface area contributed by atoms with Crippen molar-refractivity contribution in [2.75, 3.05) is 32.0 Å². The van der Waals surface area contributed by atoms with E-state index in [1.165, 1.54) is 50.9 Å². The number of hydrogen-bond donors (Lipinski definition) is 2. The first-order valence-corrected chi connectivity index (χ1v) is 10.3. The summed E-state index contributed by atoms with van der Waals surface area (Å²) in [7, 11) is 4.33. The molecule has 0 spiro atoms. The van der Waals surface area contributed by atoms with Gasteiger partial charge in [0.1, 0.15) is 5.75 Å². The number of anilines is 2. The monoisotopic (exact) mass is 472 g/mol. The van der Waals surface area contributed by atoms with Crippen LogP contribution in [0.5, 0.6) is 17.2 Å². The lowest BCUT2D eigenvalue weighted by Crippen LogP contribution is -2.16. The second-order valence-corrected chi connectivity index (χ2v) is 7.39. The molecular weight excluding hydrogens is 452 g/mol. The normalized spacial score (nSPS) is 10.3. The number of hydrogen-bond acceptors (Lipinski definition) is 9. The molecule has 3 aromatic rings. The lowest BCUT2D eigenvalue weighted by atomic mass is 10.2. The molecule has 11 nitrogen and oxygen atoms in total. The molecule has 0 radical (unpaired) electrons. The predicted octanol–water partition coefficient (Wildman–Crippen LogP) is 3.51. The van der Waals surface area contributed by atoms with Crippen LogP contribution in [-0.2, 0) is 11.2 Å². The Balaban J connectivity index is 1.63. The van der Waals surface area contributed by atoms with Crippen molar-refractivity contribution in [3.63, 3.8) is 0 Å². The summed E-state index contributed by atoms with van der Waals surface area (Å²) in [5.74, 6) is 0.297. The third-order valence-corrected chi connectivity index (χ3v) is 5.24. The Morgan fingerprint density at radius 1 is 1.00 bits per heavy atom. The van der Waals surface area contributed by atoms with Gasteiger partial charge in [-0.2, -0.15) is 0 Å². The molecule has 2 aromatic carbocycles. The first-order valence-electron chi connectivity index (χ1n) is 9.44. The number of benzene rings is 2. The Kier molecular flexibility index (Phi) is 7.41. The van der Waals surface area contributed by atoms with Crippen molar-refractivity contribution in [1.82, 2.24) is 4.98 Å². The van der Waals surface area contributed by atoms with Gasteiger partial charge in [0.05, 0.1) is 50.1 Å². The maximum atomic E-state index is 12.5. The van der Waals surface area contributed by atoms with E-state index in [2.05, 4.69) is 15.6 Å². The van der Waals surface area contributed by atoms with E-state index in [9.17, 15) is 19.7 Å². The summed E-state index contributed by atoms with van der Waals surface area (Å²) in [5, 5.41) is 18.2. The molecule has 3 rings (SSSR count). The zero-order valence-corrected chi connectivity index (χ0v) is 18.7. The van der Waals surface area contributed by atoms with Crippen LogP contribution < -0.4 is 24.8 Å². The highest BCUT2D eigenvalue weighted by Gasteiger charge is 2.16. The van der Waals surface area contributed by atoms with E-state index in [1.54, 1.807) is 23.6 Å². The number of thiazole rings is 1. The molecular formula is C21H20N4O7S. The van der Waals surface area contributed by atoms with E-state index in [1.807, 2.05) is 0 Å². The molecule has 0 aliphatic rings. The van der Waals surface area contributed by atoms with Gasteiger partial charge in [0.25, 0.3) is 11.6 Å². The van der Waals surface area contributed by atoms with Crippen molar-refractivity contribution < 1.29 is 28.7 Å². The highest BCUT2D eigenvalue weighted by molar-refractivity contribution is 7.14. The van der Waals surface area contributed by atoms with Crippen LogP contribution in [0.25, 0.3) is 0 Å². The third-order valence-electron chi connectivity index (χ3n) is 4.43. The molecule has 0 saturated carbocycles. The average Bonchev–Trinajstić information content (AvgIpc) is 3.24. The van der Waals surface area contributed by atoms with Crippen LogP contribution in [0.1, 0.15) is 16.1 Å². The van der Waals surface area contributed by atoms with E-state index in [0.29, 0.717) is 33.6 Å². The van der Waals surface area contributed by atoms with E-state index < -0.39 is 16.7 Å². The Bertz CT molecular complexity index is 1200. The number of ether oxygens (including phenoxy) is 3. The molecule has 0 atom stereocenters. The van der Waals surface area contributed by atoms with Crippen molar-refractivity contribution in [2.45, 2.75) is 6.42 Å². The largest absolute Gasteiger partial charge is 0.494 e. The van der Waals surface area contributed by atoms with Gasteiger partial charge in [0, 0.05) is 17.0 Å². The summed E-state index contributed by atoms with van der Waals surface area (Å²) in [6, 6.07) is 8.65. The summed E-state index contributed by atoms with van der Waals surface area (Å²) in [6.45, 7) is 0. The maximum Gasteiger partial charge on any atom is 0.273 e. The van der Waals surface area contributed by atoms with Gasteiger partial charge in [-0.3, -0.25) is 25.0 Å². The summed E-state index contributed by atoms with van der Waals surface area (Å²) >= 11 is 1.17. The van der Waals surface area contributed by atoms with Crippen molar-refractivity contribution >= 4 is 39.7 Å². The fourth-order valence-corrected chi connectivity index (χ4v) is 3.55. The summed E-state index contributed by atoms with van der Waals surface area (Å²) in [5.41, 5.74) is 0.943. The van der Waals surface area contributed by atoms with Gasteiger partial charge in [-0.15, -0.1) is 11.3 Å². The summed E-state index contributed by atoms with van der Waals surface area (Å²) in [4.78, 5) is 39.5. The van der Waals surface area contributed by atoms with Crippen molar-refractivity contribution in [1.29, 1.82) is 0 Å². The molecule has 2 N–H and O–H groups in total. The van der Waals surface area contributed by atoms with Crippen LogP contribution in [0, 0.1) is 10.1 Å². The second kappa shape index (κ2) is 10.4. The fraction of sp³-hybridized carbons (Fsp3) is 0.190. The standard InChI is InChI=1S/C21H20N4O7S/c1-30-16-7-4-12(8-18(16)32-3)20(27)24-21-22-13(11-33-21)9-19(26)23-15-6-5-14(25(28)29)10-17(15)31-2/h4-8,10-11H,9H2,1-3H3,(H,23,26)(H,22,24,27). The lowest BCUT2D eigenvalue weighted by molar-refractivity contribution is -0.384. The van der Waals surface area contributed by atoms with Crippen LogP contribution in [0.15, 0.2) is 41.8 Å². The smallest absolute Gasteiger partial charge is 0.273 e. The first-order chi connectivity index (χ1) is 15.8. The Hall–Kier alpha value is -4.19. The van der Waals surface area contributed by atoms with Crippen LogP contribution in [0.4, 0.5) is 16.5 Å². The Morgan fingerprint density at radius 3 is 2.39 bits per heavy atom. The van der Waals surface area contributed by atoms with Crippen LogP contribution in [0.2, 0.25) is 0 Å². The quantitative estimate of drug-likeness (QED) is 0.356. The van der Waals surface area contributed by atoms with Crippen LogP contribution in [-0.4, -0.2) is 43.1 Å². The van der Waals surface area contributed by atoms with E-state index in [-0.39, 0.29) is 17.9 Å². The van der Waals surface area contributed by atoms with Gasteiger partial charge < -0.3 is 19.5 Å². The SMILES string of the molecule is COc1cc([N+](=O)[O-])ccc1NC(=O)Cc1csc(NC(=O)c2ccc(OC)c(OC)c2)n1. The molecule has 0 aliphatic heterocycles. The van der Waals surface area contributed by atoms with Crippen molar-refractivity contribution in [2.24, 2.45) is 0 Å². The number of carbonyl (C=O) groups excluding carboxylic acids is 2. The maximum absolute atomic E-state index is 12.5. The minimum atomic E-state index is -0.554. The average molecular weight is 472 g/mol. The molecule has 172 valence electrons. The molecule has 1 heterocycles. The number of carbonyl (C=O) groups is 2. The Labute approximate surface area is 192 Å². The number of methoxy groups -OCH3 is 3. The van der Waals surface area contributed by atoms with Crippen LogP contribution >= 0.6 is 11.3 Å². The van der Waals surface area contributed by atoms with Gasteiger partial charge in [0.15, 0.2) is 16.6 Å². The minimum Gasteiger partial charge on any atom is -0.494 e. The number of nitro benzene ring substituents is 1. The highest BCUT2D eigenvalue weighted by atomic mass is 32.1. The molecule has 0 unspecified atom stereocenters. The molecule has 1 aromatic heterocycles. The first kappa shape index (κ1) is 23.5. The Morgan fingerprint density at radius 2 is 1.73 bits per heavy atom. The number of rotatable bonds is 9. The number of nitrogens with one attached hydrogen (secondary N) is 2. The minimum absolute atomic E-state index is 0.0666. The van der Waals surface area contributed by atoms with Crippen molar-refractivity contribution in [3.05, 3.63) is 63.1 Å². The molecule has 0 saturated heterocycles. The molecule has 12 heteroatoms. The van der Waals surface area contributed by atoms with Crippen LogP contribution in [0.3, 0.4) is 0 Å². The highest BCUT2D eigenvalue weighted by Crippen LogP contribution is 2.30. The molecule has 0 aliphatic carbocycles. The van der Waals surface area contributed by atoms with Gasteiger partial charge in [-0.05, 0) is 24.3 Å². The number of aromatic nitrogens is 1. The second-order valence-electron chi connectivity index (χ2n) is 6.53. The van der Waals surface area contributed by atoms with Crippen molar-refractivity contribution in [3.8, 4) is 17.2 Å². The molecule has 33 heavy (non-hydrogen) atoms. The number of nitro groups is 1. The van der Waals surface area contributed by atoms with Gasteiger partial charge in [-0.1, -0.05) is 0 Å². The van der Waals surface area contributed by atoms with E-state index in [4.69, 9.17) is 14.2 Å².